The molecule has 2 aromatic carbocycles. The highest BCUT2D eigenvalue weighted by Gasteiger charge is 2.38. The standard InChI is InChI=1S/C21H20F2N2O4/c1-13(14-5-3-2-4-6-14)25-11-15(9-20(25)27)21(28)29-12-19(26)24-18-8-7-16(22)10-17(18)23/h2-8,10,13,15H,9,11-12H2,1H3,(H,24,26)/t13-,15-/m1/s1. The van der Waals surface area contributed by atoms with Gasteiger partial charge in [-0.15, -0.1) is 0 Å². The number of likely N-dealkylation sites (tertiary alicyclic amines) is 1. The Labute approximate surface area is 166 Å². The Balaban J connectivity index is 1.52. The maximum Gasteiger partial charge on any atom is 0.311 e. The number of esters is 1. The molecule has 1 aliphatic heterocycles. The van der Waals surface area contributed by atoms with E-state index in [9.17, 15) is 23.2 Å². The molecule has 0 spiro atoms. The van der Waals surface area contributed by atoms with Gasteiger partial charge in [0.15, 0.2) is 6.61 Å². The number of anilines is 1. The first-order valence-electron chi connectivity index (χ1n) is 9.11. The van der Waals surface area contributed by atoms with Gasteiger partial charge in [0.2, 0.25) is 5.91 Å². The summed E-state index contributed by atoms with van der Waals surface area (Å²) in [5.74, 6) is -3.98. The van der Waals surface area contributed by atoms with Gasteiger partial charge < -0.3 is 15.0 Å². The summed E-state index contributed by atoms with van der Waals surface area (Å²) >= 11 is 0. The fraction of sp³-hybridized carbons (Fsp3) is 0.286. The molecule has 1 heterocycles. The Morgan fingerprint density at radius 1 is 1.21 bits per heavy atom. The number of nitrogens with one attached hydrogen (secondary N) is 1. The van der Waals surface area contributed by atoms with Gasteiger partial charge in [-0.3, -0.25) is 14.4 Å². The van der Waals surface area contributed by atoms with Crippen molar-refractivity contribution in [1.82, 2.24) is 4.90 Å². The van der Waals surface area contributed by atoms with Crippen molar-refractivity contribution in [3.63, 3.8) is 0 Å². The fourth-order valence-electron chi connectivity index (χ4n) is 3.21. The van der Waals surface area contributed by atoms with E-state index in [1.165, 1.54) is 0 Å². The topological polar surface area (TPSA) is 75.7 Å². The average Bonchev–Trinajstić information content (AvgIpc) is 3.10. The predicted octanol–water partition coefficient (Wildman–Crippen LogP) is 3.06. The first-order chi connectivity index (χ1) is 13.8. The molecule has 1 N–H and O–H groups in total. The third kappa shape index (κ3) is 4.96. The summed E-state index contributed by atoms with van der Waals surface area (Å²) < 4.78 is 31.4. The molecule has 1 saturated heterocycles. The maximum atomic E-state index is 13.6. The van der Waals surface area contributed by atoms with Gasteiger partial charge in [-0.25, -0.2) is 8.78 Å². The van der Waals surface area contributed by atoms with Crippen molar-refractivity contribution in [2.75, 3.05) is 18.5 Å². The molecule has 3 rings (SSSR count). The SMILES string of the molecule is C[C@H](c1ccccc1)N1C[C@H](C(=O)OCC(=O)Nc2ccc(F)cc2F)CC1=O. The lowest BCUT2D eigenvalue weighted by molar-refractivity contribution is -0.151. The van der Waals surface area contributed by atoms with Crippen LogP contribution in [0.1, 0.15) is 24.9 Å². The summed E-state index contributed by atoms with van der Waals surface area (Å²) in [6, 6.07) is 12.0. The summed E-state index contributed by atoms with van der Waals surface area (Å²) in [6.45, 7) is 1.45. The zero-order valence-corrected chi connectivity index (χ0v) is 15.7. The Morgan fingerprint density at radius 2 is 1.93 bits per heavy atom. The minimum atomic E-state index is -0.934. The van der Waals surface area contributed by atoms with Gasteiger partial charge in [0, 0.05) is 19.0 Å². The zero-order chi connectivity index (χ0) is 21.0. The predicted molar refractivity (Wildman–Crippen MR) is 101 cm³/mol. The van der Waals surface area contributed by atoms with Crippen LogP contribution in [0.15, 0.2) is 48.5 Å². The molecule has 1 aliphatic rings. The van der Waals surface area contributed by atoms with Crippen LogP contribution >= 0.6 is 0 Å². The van der Waals surface area contributed by atoms with Crippen molar-refractivity contribution >= 4 is 23.5 Å². The molecule has 0 aliphatic carbocycles. The smallest absolute Gasteiger partial charge is 0.311 e. The summed E-state index contributed by atoms with van der Waals surface area (Å²) in [6.07, 6.45) is 0.00418. The lowest BCUT2D eigenvalue weighted by Gasteiger charge is -2.25. The number of hydrogen-bond donors (Lipinski definition) is 1. The van der Waals surface area contributed by atoms with Crippen LogP contribution in [0.2, 0.25) is 0 Å². The van der Waals surface area contributed by atoms with Crippen LogP contribution in [0.25, 0.3) is 0 Å². The molecule has 0 bridgehead atoms. The van der Waals surface area contributed by atoms with Crippen LogP contribution in [0.5, 0.6) is 0 Å². The number of carbonyl (C=O) groups excluding carboxylic acids is 3. The normalized spacial score (nSPS) is 17.1. The van der Waals surface area contributed by atoms with Crippen molar-refractivity contribution < 1.29 is 27.9 Å². The van der Waals surface area contributed by atoms with Gasteiger partial charge in [0.05, 0.1) is 17.6 Å². The third-order valence-electron chi connectivity index (χ3n) is 4.79. The van der Waals surface area contributed by atoms with E-state index in [2.05, 4.69) is 5.32 Å². The zero-order valence-electron chi connectivity index (χ0n) is 15.7. The molecular weight excluding hydrogens is 382 g/mol. The second-order valence-corrected chi connectivity index (χ2v) is 6.81. The first kappa shape index (κ1) is 20.4. The van der Waals surface area contributed by atoms with Crippen LogP contribution in [0.4, 0.5) is 14.5 Å². The Kier molecular flexibility index (Phi) is 6.21. The fourth-order valence-corrected chi connectivity index (χ4v) is 3.21. The van der Waals surface area contributed by atoms with Gasteiger partial charge in [0.1, 0.15) is 11.6 Å². The first-order valence-corrected chi connectivity index (χ1v) is 9.11. The van der Waals surface area contributed by atoms with Crippen molar-refractivity contribution in [1.29, 1.82) is 0 Å². The van der Waals surface area contributed by atoms with Crippen LogP contribution in [-0.4, -0.2) is 35.8 Å². The molecule has 1 fully saturated rings. The summed E-state index contributed by atoms with van der Waals surface area (Å²) in [4.78, 5) is 38.0. The number of benzene rings is 2. The summed E-state index contributed by atoms with van der Waals surface area (Å²) in [5, 5.41) is 2.21. The number of halogens is 2. The van der Waals surface area contributed by atoms with Crippen molar-refractivity contribution in [3.05, 3.63) is 65.7 Å². The molecule has 0 saturated carbocycles. The van der Waals surface area contributed by atoms with E-state index in [0.717, 1.165) is 17.7 Å². The average molecular weight is 402 g/mol. The summed E-state index contributed by atoms with van der Waals surface area (Å²) in [5.41, 5.74) is 0.738. The van der Waals surface area contributed by atoms with E-state index in [1.807, 2.05) is 37.3 Å². The summed E-state index contributed by atoms with van der Waals surface area (Å²) in [7, 11) is 0. The van der Waals surface area contributed by atoms with E-state index < -0.39 is 36.0 Å². The minimum Gasteiger partial charge on any atom is -0.455 e. The van der Waals surface area contributed by atoms with E-state index in [-0.39, 0.29) is 30.6 Å². The van der Waals surface area contributed by atoms with Crippen molar-refractivity contribution in [3.8, 4) is 0 Å². The molecule has 0 aromatic heterocycles. The molecule has 2 amide bonds. The number of amides is 2. The molecule has 0 radical (unpaired) electrons. The van der Waals surface area contributed by atoms with E-state index in [0.29, 0.717) is 6.07 Å². The molecular formula is C21H20F2N2O4. The van der Waals surface area contributed by atoms with Gasteiger partial charge >= 0.3 is 5.97 Å². The molecule has 2 aromatic rings. The Hall–Kier alpha value is -3.29. The van der Waals surface area contributed by atoms with E-state index >= 15 is 0 Å². The molecule has 0 unspecified atom stereocenters. The third-order valence-corrected chi connectivity index (χ3v) is 4.79. The number of rotatable bonds is 6. The van der Waals surface area contributed by atoms with Crippen LogP contribution in [0, 0.1) is 17.6 Å². The van der Waals surface area contributed by atoms with Crippen LogP contribution in [0.3, 0.4) is 0 Å². The monoisotopic (exact) mass is 402 g/mol. The van der Waals surface area contributed by atoms with Crippen LogP contribution < -0.4 is 5.32 Å². The van der Waals surface area contributed by atoms with Gasteiger partial charge in [0.25, 0.3) is 5.91 Å². The Morgan fingerprint density at radius 3 is 2.62 bits per heavy atom. The van der Waals surface area contributed by atoms with Crippen molar-refractivity contribution in [2.45, 2.75) is 19.4 Å². The molecule has 2 atom stereocenters. The van der Waals surface area contributed by atoms with E-state index in [4.69, 9.17) is 4.74 Å². The highest BCUT2D eigenvalue weighted by molar-refractivity contribution is 5.93. The number of hydrogen-bond acceptors (Lipinski definition) is 4. The molecule has 152 valence electrons. The molecule has 6 nitrogen and oxygen atoms in total. The van der Waals surface area contributed by atoms with Crippen molar-refractivity contribution in [2.24, 2.45) is 5.92 Å². The van der Waals surface area contributed by atoms with Gasteiger partial charge in [-0.1, -0.05) is 30.3 Å². The molecule has 8 heteroatoms. The van der Waals surface area contributed by atoms with Gasteiger partial charge in [-0.2, -0.15) is 0 Å². The maximum absolute atomic E-state index is 13.6. The highest BCUT2D eigenvalue weighted by Crippen LogP contribution is 2.29. The van der Waals surface area contributed by atoms with Crippen LogP contribution in [-0.2, 0) is 19.1 Å². The lowest BCUT2D eigenvalue weighted by atomic mass is 10.1. The highest BCUT2D eigenvalue weighted by atomic mass is 19.1. The second-order valence-electron chi connectivity index (χ2n) is 6.81. The van der Waals surface area contributed by atoms with E-state index in [1.54, 1.807) is 4.90 Å². The number of carbonyl (C=O) groups is 3. The molecule has 29 heavy (non-hydrogen) atoms. The lowest BCUT2D eigenvalue weighted by Crippen LogP contribution is -2.30. The minimum absolute atomic E-state index is 0.00418. The van der Waals surface area contributed by atoms with Gasteiger partial charge in [-0.05, 0) is 24.6 Å². The number of nitrogens with zero attached hydrogens (tertiary/aromatic N) is 1. The second kappa shape index (κ2) is 8.81. The quantitative estimate of drug-likeness (QED) is 0.754. The largest absolute Gasteiger partial charge is 0.455 e. The number of ether oxygens (including phenoxy) is 1. The Bertz CT molecular complexity index is 920.